The van der Waals surface area contributed by atoms with Crippen molar-refractivity contribution in [2.24, 2.45) is 5.92 Å². The molecule has 96 valence electrons. The van der Waals surface area contributed by atoms with Crippen molar-refractivity contribution < 1.29 is 9.53 Å². The summed E-state index contributed by atoms with van der Waals surface area (Å²) in [4.78, 5) is 14.6. The number of carbonyl (C=O) groups is 1. The number of carbonyl (C=O) groups excluding carboxylic acids is 1. The number of nitrogens with zero attached hydrogens (tertiary/aromatic N) is 1. The van der Waals surface area contributed by atoms with Crippen LogP contribution in [0.2, 0.25) is 0 Å². The molecule has 2 aliphatic heterocycles. The maximum absolute atomic E-state index is 12.6. The summed E-state index contributed by atoms with van der Waals surface area (Å²) in [6.45, 7) is 2.83. The molecule has 2 saturated heterocycles. The van der Waals surface area contributed by atoms with Crippen LogP contribution in [0.3, 0.4) is 0 Å². The molecule has 0 bridgehead atoms. The first-order valence-corrected chi connectivity index (χ1v) is 6.46. The van der Waals surface area contributed by atoms with Gasteiger partial charge in [0.1, 0.15) is 5.75 Å². The standard InChI is InChI=1S/C14H18N2O2/c1-18-13-5-3-2-4-11(13)14(17)16-7-6-10-8-15-9-12(10)16/h2-5,10,12,15H,6-9H2,1H3/t10-,12+/m0/s1. The predicted octanol–water partition coefficient (Wildman–Crippen LogP) is 1.13. The highest BCUT2D eigenvalue weighted by Gasteiger charge is 2.40. The summed E-state index contributed by atoms with van der Waals surface area (Å²) in [6.07, 6.45) is 1.11. The lowest BCUT2D eigenvalue weighted by molar-refractivity contribution is 0.0733. The number of likely N-dealkylation sites (tertiary alicyclic amines) is 1. The van der Waals surface area contributed by atoms with Crippen molar-refractivity contribution in [3.05, 3.63) is 29.8 Å². The summed E-state index contributed by atoms with van der Waals surface area (Å²) < 4.78 is 5.27. The van der Waals surface area contributed by atoms with Gasteiger partial charge in [0.2, 0.25) is 0 Å². The summed E-state index contributed by atoms with van der Waals surface area (Å²) in [5, 5.41) is 3.36. The van der Waals surface area contributed by atoms with Gasteiger partial charge in [0.05, 0.1) is 12.7 Å². The average molecular weight is 246 g/mol. The highest BCUT2D eigenvalue weighted by molar-refractivity contribution is 5.97. The first-order chi connectivity index (χ1) is 8.81. The van der Waals surface area contributed by atoms with E-state index in [0.29, 0.717) is 23.3 Å². The molecule has 4 nitrogen and oxygen atoms in total. The Morgan fingerprint density at radius 1 is 1.39 bits per heavy atom. The van der Waals surface area contributed by atoms with Crippen molar-refractivity contribution in [2.75, 3.05) is 26.7 Å². The maximum Gasteiger partial charge on any atom is 0.257 e. The van der Waals surface area contributed by atoms with E-state index in [2.05, 4.69) is 5.32 Å². The third-order valence-corrected chi connectivity index (χ3v) is 4.04. The summed E-state index contributed by atoms with van der Waals surface area (Å²) in [6, 6.07) is 7.82. The van der Waals surface area contributed by atoms with Crippen LogP contribution in [0.1, 0.15) is 16.8 Å². The number of hydrogen-bond donors (Lipinski definition) is 1. The van der Waals surface area contributed by atoms with E-state index in [4.69, 9.17) is 4.74 Å². The van der Waals surface area contributed by atoms with Gasteiger partial charge in [-0.1, -0.05) is 12.1 Å². The Labute approximate surface area is 107 Å². The Hall–Kier alpha value is -1.55. The van der Waals surface area contributed by atoms with Crippen LogP contribution >= 0.6 is 0 Å². The van der Waals surface area contributed by atoms with Crippen LogP contribution < -0.4 is 10.1 Å². The number of ether oxygens (including phenoxy) is 1. The number of methoxy groups -OCH3 is 1. The van der Waals surface area contributed by atoms with Gasteiger partial charge in [0.15, 0.2) is 0 Å². The van der Waals surface area contributed by atoms with E-state index in [1.54, 1.807) is 7.11 Å². The third-order valence-electron chi connectivity index (χ3n) is 4.04. The molecule has 3 rings (SSSR count). The van der Waals surface area contributed by atoms with Crippen molar-refractivity contribution in [2.45, 2.75) is 12.5 Å². The predicted molar refractivity (Wildman–Crippen MR) is 68.8 cm³/mol. The number of amides is 1. The zero-order valence-electron chi connectivity index (χ0n) is 10.6. The van der Waals surface area contributed by atoms with Crippen molar-refractivity contribution in [3.63, 3.8) is 0 Å². The molecule has 0 saturated carbocycles. The molecule has 0 aromatic heterocycles. The Morgan fingerprint density at radius 2 is 2.22 bits per heavy atom. The third kappa shape index (κ3) is 1.77. The number of nitrogens with one attached hydrogen (secondary N) is 1. The minimum atomic E-state index is 0.101. The van der Waals surface area contributed by atoms with Crippen molar-refractivity contribution in [1.29, 1.82) is 0 Å². The van der Waals surface area contributed by atoms with Gasteiger partial charge < -0.3 is 15.0 Å². The number of fused-ring (bicyclic) bond motifs is 1. The molecular formula is C14H18N2O2. The highest BCUT2D eigenvalue weighted by Crippen LogP contribution is 2.30. The van der Waals surface area contributed by atoms with E-state index in [-0.39, 0.29) is 5.91 Å². The molecular weight excluding hydrogens is 228 g/mol. The van der Waals surface area contributed by atoms with Gasteiger partial charge in [0, 0.05) is 25.7 Å². The summed E-state index contributed by atoms with van der Waals surface area (Å²) in [5.41, 5.74) is 0.674. The lowest BCUT2D eigenvalue weighted by atomic mass is 10.0. The van der Waals surface area contributed by atoms with Gasteiger partial charge in [-0.2, -0.15) is 0 Å². The quantitative estimate of drug-likeness (QED) is 0.850. The van der Waals surface area contributed by atoms with Crippen molar-refractivity contribution >= 4 is 5.91 Å². The van der Waals surface area contributed by atoms with Crippen molar-refractivity contribution in [1.82, 2.24) is 10.2 Å². The van der Waals surface area contributed by atoms with Crippen LogP contribution in [-0.2, 0) is 0 Å². The maximum atomic E-state index is 12.6. The molecule has 2 fully saturated rings. The van der Waals surface area contributed by atoms with Gasteiger partial charge in [-0.05, 0) is 24.5 Å². The Morgan fingerprint density at radius 3 is 3.06 bits per heavy atom. The van der Waals surface area contributed by atoms with E-state index in [9.17, 15) is 4.79 Å². The monoisotopic (exact) mass is 246 g/mol. The van der Waals surface area contributed by atoms with E-state index in [1.807, 2.05) is 29.2 Å². The van der Waals surface area contributed by atoms with E-state index >= 15 is 0 Å². The van der Waals surface area contributed by atoms with Gasteiger partial charge in [-0.25, -0.2) is 0 Å². The SMILES string of the molecule is COc1ccccc1C(=O)N1CC[C@H]2CNC[C@H]21. The van der Waals surface area contributed by atoms with Crippen LogP contribution in [0.15, 0.2) is 24.3 Å². The molecule has 2 aliphatic rings. The molecule has 4 heteroatoms. The lowest BCUT2D eigenvalue weighted by Gasteiger charge is -2.24. The molecule has 0 radical (unpaired) electrons. The van der Waals surface area contributed by atoms with Crippen LogP contribution in [0, 0.1) is 5.92 Å². The first-order valence-electron chi connectivity index (χ1n) is 6.46. The van der Waals surface area contributed by atoms with E-state index < -0.39 is 0 Å². The zero-order chi connectivity index (χ0) is 12.5. The minimum absolute atomic E-state index is 0.101. The fraction of sp³-hybridized carbons (Fsp3) is 0.500. The van der Waals surface area contributed by atoms with Crippen molar-refractivity contribution in [3.8, 4) is 5.75 Å². The molecule has 1 amide bonds. The van der Waals surface area contributed by atoms with Gasteiger partial charge in [-0.3, -0.25) is 4.79 Å². The number of rotatable bonds is 2. The van der Waals surface area contributed by atoms with E-state index in [1.165, 1.54) is 0 Å². The summed E-state index contributed by atoms with van der Waals surface area (Å²) >= 11 is 0. The first kappa shape index (κ1) is 11.5. The number of benzene rings is 1. The molecule has 2 heterocycles. The van der Waals surface area contributed by atoms with Gasteiger partial charge >= 0.3 is 0 Å². The van der Waals surface area contributed by atoms with Crippen LogP contribution in [0.5, 0.6) is 5.75 Å². The highest BCUT2D eigenvalue weighted by atomic mass is 16.5. The van der Waals surface area contributed by atoms with Crippen LogP contribution in [-0.4, -0.2) is 43.6 Å². The molecule has 0 unspecified atom stereocenters. The minimum Gasteiger partial charge on any atom is -0.496 e. The number of hydrogen-bond acceptors (Lipinski definition) is 3. The Balaban J connectivity index is 1.86. The zero-order valence-corrected chi connectivity index (χ0v) is 10.6. The number of para-hydroxylation sites is 1. The summed E-state index contributed by atoms with van der Waals surface area (Å²) in [5.74, 6) is 1.39. The molecule has 0 aliphatic carbocycles. The normalized spacial score (nSPS) is 26.2. The molecule has 1 aromatic carbocycles. The molecule has 1 N–H and O–H groups in total. The smallest absolute Gasteiger partial charge is 0.257 e. The fourth-order valence-corrected chi connectivity index (χ4v) is 3.08. The fourth-order valence-electron chi connectivity index (χ4n) is 3.08. The topological polar surface area (TPSA) is 41.6 Å². The van der Waals surface area contributed by atoms with Crippen LogP contribution in [0.4, 0.5) is 0 Å². The molecule has 18 heavy (non-hydrogen) atoms. The molecule has 0 spiro atoms. The Bertz CT molecular complexity index is 461. The largest absolute Gasteiger partial charge is 0.496 e. The van der Waals surface area contributed by atoms with Gasteiger partial charge in [0.25, 0.3) is 5.91 Å². The Kier molecular flexibility index (Phi) is 2.96. The second kappa shape index (κ2) is 4.61. The lowest BCUT2D eigenvalue weighted by Crippen LogP contribution is -2.39. The van der Waals surface area contributed by atoms with Crippen LogP contribution in [0.25, 0.3) is 0 Å². The molecule has 1 aromatic rings. The van der Waals surface area contributed by atoms with Gasteiger partial charge in [-0.15, -0.1) is 0 Å². The average Bonchev–Trinajstić information content (AvgIpc) is 3.00. The second-order valence-corrected chi connectivity index (χ2v) is 4.97. The molecule has 2 atom stereocenters. The second-order valence-electron chi connectivity index (χ2n) is 4.97. The van der Waals surface area contributed by atoms with E-state index in [0.717, 1.165) is 26.1 Å². The summed E-state index contributed by atoms with van der Waals surface area (Å²) in [7, 11) is 1.61.